The van der Waals surface area contributed by atoms with Crippen LogP contribution in [0.3, 0.4) is 0 Å². The molecular formula is C26H35NO. The van der Waals surface area contributed by atoms with E-state index in [1.807, 2.05) is 18.5 Å². The van der Waals surface area contributed by atoms with Crippen molar-refractivity contribution in [1.82, 2.24) is 4.98 Å². The van der Waals surface area contributed by atoms with Gasteiger partial charge in [-0.25, -0.2) is 0 Å². The van der Waals surface area contributed by atoms with Crippen LogP contribution in [-0.4, -0.2) is 10.8 Å². The number of pyridine rings is 1. The molecule has 3 aliphatic carbocycles. The molecule has 4 unspecified atom stereocenters. The monoisotopic (exact) mass is 377 g/mol. The lowest BCUT2D eigenvalue weighted by Gasteiger charge is -2.54. The molecule has 0 spiro atoms. The Morgan fingerprint density at radius 3 is 2.68 bits per heavy atom. The van der Waals surface area contributed by atoms with Crippen LogP contribution < -0.4 is 0 Å². The molecule has 3 aliphatic rings. The second-order valence-corrected chi connectivity index (χ2v) is 10.1. The standard InChI is InChI=1S/C26H35NO/c1-18-10-12-22-19(7-5-9-21(18)20-8-6-16-27-17-20)11-13-23-25(2,3)24(28)14-15-26(22,23)4/h6,8-9,13,16-19,22H,5,7,10-12,14-15H2,1-4H3. The Balaban J connectivity index is 1.63. The molecule has 2 nitrogen and oxygen atoms in total. The normalized spacial score (nSPS) is 35.4. The van der Waals surface area contributed by atoms with Crippen molar-refractivity contribution in [1.29, 1.82) is 0 Å². The Hall–Kier alpha value is -1.70. The molecular weight excluding hydrogens is 342 g/mol. The van der Waals surface area contributed by atoms with Crippen molar-refractivity contribution in [3.8, 4) is 0 Å². The number of ketones is 1. The Morgan fingerprint density at radius 1 is 1.11 bits per heavy atom. The van der Waals surface area contributed by atoms with Gasteiger partial charge in [0.05, 0.1) is 0 Å². The Bertz CT molecular complexity index is 803. The lowest BCUT2D eigenvalue weighted by Crippen LogP contribution is -2.48. The number of nitrogens with zero attached hydrogens (tertiary/aromatic N) is 1. The number of carbonyl (C=O) groups is 1. The summed E-state index contributed by atoms with van der Waals surface area (Å²) in [6.07, 6.45) is 16.7. The molecule has 1 aromatic rings. The van der Waals surface area contributed by atoms with E-state index >= 15 is 0 Å². The van der Waals surface area contributed by atoms with Crippen LogP contribution >= 0.6 is 0 Å². The highest BCUT2D eigenvalue weighted by Gasteiger charge is 2.53. The van der Waals surface area contributed by atoms with Crippen LogP contribution in [0.2, 0.25) is 0 Å². The lowest BCUT2D eigenvalue weighted by molar-refractivity contribution is -0.130. The molecule has 1 heterocycles. The van der Waals surface area contributed by atoms with E-state index < -0.39 is 0 Å². The zero-order chi connectivity index (χ0) is 19.9. The summed E-state index contributed by atoms with van der Waals surface area (Å²) in [7, 11) is 0. The van der Waals surface area contributed by atoms with Gasteiger partial charge >= 0.3 is 0 Å². The van der Waals surface area contributed by atoms with Crippen LogP contribution in [0, 0.1) is 28.6 Å². The van der Waals surface area contributed by atoms with E-state index in [4.69, 9.17) is 0 Å². The number of carbonyl (C=O) groups excluding carboxylic acids is 1. The number of fused-ring (bicyclic) bond motifs is 3. The first kappa shape index (κ1) is 19.6. The van der Waals surface area contributed by atoms with Gasteiger partial charge in [0.2, 0.25) is 0 Å². The van der Waals surface area contributed by atoms with Crippen molar-refractivity contribution in [2.24, 2.45) is 28.6 Å². The van der Waals surface area contributed by atoms with E-state index in [1.165, 1.54) is 36.0 Å². The van der Waals surface area contributed by atoms with E-state index in [0.717, 1.165) is 31.6 Å². The van der Waals surface area contributed by atoms with Crippen molar-refractivity contribution in [2.75, 3.05) is 0 Å². The maximum atomic E-state index is 12.6. The minimum atomic E-state index is -0.277. The molecule has 1 aromatic heterocycles. The molecule has 150 valence electrons. The fraction of sp³-hybridized carbons (Fsp3) is 0.615. The van der Waals surface area contributed by atoms with E-state index in [1.54, 1.807) is 0 Å². The fourth-order valence-electron chi connectivity index (χ4n) is 6.56. The summed E-state index contributed by atoms with van der Waals surface area (Å²) < 4.78 is 0. The summed E-state index contributed by atoms with van der Waals surface area (Å²) in [6.45, 7) is 9.19. The zero-order valence-electron chi connectivity index (χ0n) is 18.0. The molecule has 28 heavy (non-hydrogen) atoms. The van der Waals surface area contributed by atoms with Crippen molar-refractivity contribution in [3.63, 3.8) is 0 Å². The van der Waals surface area contributed by atoms with E-state index in [-0.39, 0.29) is 10.8 Å². The van der Waals surface area contributed by atoms with Crippen molar-refractivity contribution in [3.05, 3.63) is 47.8 Å². The third-order valence-corrected chi connectivity index (χ3v) is 8.21. The average Bonchev–Trinajstić information content (AvgIpc) is 2.75. The highest BCUT2D eigenvalue weighted by molar-refractivity contribution is 5.89. The molecule has 4 rings (SSSR count). The van der Waals surface area contributed by atoms with Gasteiger partial charge in [0.1, 0.15) is 5.78 Å². The van der Waals surface area contributed by atoms with Gasteiger partial charge in [-0.05, 0) is 92.7 Å². The fourth-order valence-corrected chi connectivity index (χ4v) is 6.56. The van der Waals surface area contributed by atoms with Crippen molar-refractivity contribution in [2.45, 2.75) is 72.6 Å². The summed E-state index contributed by atoms with van der Waals surface area (Å²) in [6, 6.07) is 4.25. The second-order valence-electron chi connectivity index (χ2n) is 10.1. The molecule has 1 saturated carbocycles. The first-order valence-corrected chi connectivity index (χ1v) is 11.2. The van der Waals surface area contributed by atoms with Gasteiger partial charge in [-0.15, -0.1) is 0 Å². The van der Waals surface area contributed by atoms with Crippen LogP contribution in [0.4, 0.5) is 0 Å². The summed E-state index contributed by atoms with van der Waals surface area (Å²) in [4.78, 5) is 17.0. The van der Waals surface area contributed by atoms with Crippen molar-refractivity contribution < 1.29 is 4.79 Å². The Kier molecular flexibility index (Phi) is 5.10. The predicted octanol–water partition coefficient (Wildman–Crippen LogP) is 6.63. The van der Waals surface area contributed by atoms with Gasteiger partial charge in [0.15, 0.2) is 0 Å². The smallest absolute Gasteiger partial charge is 0.142 e. The summed E-state index contributed by atoms with van der Waals surface area (Å²) in [5.74, 6) is 2.43. The molecule has 1 fully saturated rings. The summed E-state index contributed by atoms with van der Waals surface area (Å²) in [5, 5.41) is 0. The van der Waals surface area contributed by atoms with Crippen LogP contribution in [0.5, 0.6) is 0 Å². The molecule has 2 heteroatoms. The van der Waals surface area contributed by atoms with Gasteiger partial charge in [0, 0.05) is 24.2 Å². The molecule has 0 radical (unpaired) electrons. The molecule has 0 saturated heterocycles. The maximum absolute atomic E-state index is 12.6. The lowest BCUT2D eigenvalue weighted by atomic mass is 9.49. The van der Waals surface area contributed by atoms with Crippen LogP contribution in [0.1, 0.15) is 78.2 Å². The summed E-state index contributed by atoms with van der Waals surface area (Å²) in [5.41, 5.74) is 4.13. The van der Waals surface area contributed by atoms with E-state index in [9.17, 15) is 4.79 Å². The largest absolute Gasteiger partial charge is 0.299 e. The number of hydrogen-bond acceptors (Lipinski definition) is 2. The van der Waals surface area contributed by atoms with Crippen LogP contribution in [0.15, 0.2) is 42.3 Å². The molecule has 0 bridgehead atoms. The first-order chi connectivity index (χ1) is 13.3. The minimum Gasteiger partial charge on any atom is -0.299 e. The van der Waals surface area contributed by atoms with Crippen molar-refractivity contribution >= 4 is 11.4 Å². The quantitative estimate of drug-likeness (QED) is 0.514. The molecule has 0 N–H and O–H groups in total. The topological polar surface area (TPSA) is 30.0 Å². The Labute approximate surface area is 170 Å². The highest BCUT2D eigenvalue weighted by atomic mass is 16.1. The maximum Gasteiger partial charge on any atom is 0.142 e. The van der Waals surface area contributed by atoms with Gasteiger partial charge in [-0.2, -0.15) is 0 Å². The zero-order valence-corrected chi connectivity index (χ0v) is 18.0. The predicted molar refractivity (Wildman–Crippen MR) is 116 cm³/mol. The van der Waals surface area contributed by atoms with Gasteiger partial charge in [0.25, 0.3) is 0 Å². The van der Waals surface area contributed by atoms with Gasteiger partial charge in [-0.1, -0.05) is 37.6 Å². The van der Waals surface area contributed by atoms with E-state index in [0.29, 0.717) is 17.6 Å². The summed E-state index contributed by atoms with van der Waals surface area (Å²) >= 11 is 0. The molecule has 0 aliphatic heterocycles. The SMILES string of the molecule is CC1CCC2C(CC=C3C(C)(C)C(=O)CCC32C)CCC=C1c1cccnc1. The number of aromatic nitrogens is 1. The number of allylic oxidation sites excluding steroid dienone is 4. The van der Waals surface area contributed by atoms with Crippen LogP contribution in [0.25, 0.3) is 5.57 Å². The Morgan fingerprint density at radius 2 is 1.93 bits per heavy atom. The third kappa shape index (κ3) is 3.19. The average molecular weight is 378 g/mol. The first-order valence-electron chi connectivity index (χ1n) is 11.2. The van der Waals surface area contributed by atoms with E-state index in [2.05, 4.69) is 50.9 Å². The second kappa shape index (κ2) is 7.28. The minimum absolute atomic E-state index is 0.193. The number of hydrogen-bond donors (Lipinski definition) is 0. The molecule has 0 aromatic carbocycles. The van der Waals surface area contributed by atoms with Crippen LogP contribution in [-0.2, 0) is 4.79 Å². The third-order valence-electron chi connectivity index (χ3n) is 8.21. The highest BCUT2D eigenvalue weighted by Crippen LogP contribution is 2.59. The molecule has 0 amide bonds. The molecule has 4 atom stereocenters. The van der Waals surface area contributed by atoms with Gasteiger partial charge < -0.3 is 0 Å². The number of Topliss-reactive ketones (excluding diaryl/α,β-unsaturated/α-hetero) is 1. The van der Waals surface area contributed by atoms with Gasteiger partial charge in [-0.3, -0.25) is 9.78 Å². The number of rotatable bonds is 1.